The van der Waals surface area contributed by atoms with Gasteiger partial charge in [-0.3, -0.25) is 4.79 Å². The predicted octanol–water partition coefficient (Wildman–Crippen LogP) is 1.35. The molecule has 0 bridgehead atoms. The number of carbonyl (C=O) groups is 1. The summed E-state index contributed by atoms with van der Waals surface area (Å²) < 4.78 is 0. The first-order valence-corrected chi connectivity index (χ1v) is 5.31. The zero-order chi connectivity index (χ0) is 11.1. The van der Waals surface area contributed by atoms with Crippen LogP contribution >= 0.6 is 11.6 Å². The zero-order valence-corrected chi connectivity index (χ0v) is 9.26. The molecule has 0 heterocycles. The zero-order valence-electron chi connectivity index (χ0n) is 8.50. The fourth-order valence-electron chi connectivity index (χ4n) is 1.22. The highest BCUT2D eigenvalue weighted by Crippen LogP contribution is 2.09. The van der Waals surface area contributed by atoms with Crippen LogP contribution in [0.1, 0.15) is 12.0 Å². The molecule has 0 aliphatic rings. The van der Waals surface area contributed by atoms with E-state index >= 15 is 0 Å². The maximum absolute atomic E-state index is 11.1. The highest BCUT2D eigenvalue weighted by atomic mass is 35.5. The lowest BCUT2D eigenvalue weighted by atomic mass is 10.1. The standard InChI is InChI=1S/C11H15ClN2O/c12-10-3-1-9(2-4-10)6-8-14-11(15)5-7-13/h1-4H,5-8,13H2,(H,14,15). The van der Waals surface area contributed by atoms with Crippen molar-refractivity contribution < 1.29 is 4.79 Å². The Morgan fingerprint density at radius 1 is 1.33 bits per heavy atom. The summed E-state index contributed by atoms with van der Waals surface area (Å²) in [5, 5.41) is 3.52. The molecule has 1 amide bonds. The van der Waals surface area contributed by atoms with Gasteiger partial charge in [-0.25, -0.2) is 0 Å². The van der Waals surface area contributed by atoms with E-state index in [1.807, 2.05) is 24.3 Å². The molecule has 0 unspecified atom stereocenters. The second-order valence-electron chi connectivity index (χ2n) is 3.27. The van der Waals surface area contributed by atoms with Gasteiger partial charge in [-0.2, -0.15) is 0 Å². The molecular weight excluding hydrogens is 212 g/mol. The number of amides is 1. The number of nitrogens with two attached hydrogens (primary N) is 1. The maximum Gasteiger partial charge on any atom is 0.221 e. The van der Waals surface area contributed by atoms with Crippen molar-refractivity contribution in [2.75, 3.05) is 13.1 Å². The maximum atomic E-state index is 11.1. The Labute approximate surface area is 94.6 Å². The van der Waals surface area contributed by atoms with Crippen molar-refractivity contribution in [3.8, 4) is 0 Å². The van der Waals surface area contributed by atoms with Gasteiger partial charge in [-0.15, -0.1) is 0 Å². The minimum Gasteiger partial charge on any atom is -0.356 e. The van der Waals surface area contributed by atoms with Crippen molar-refractivity contribution in [1.29, 1.82) is 0 Å². The molecular formula is C11H15ClN2O. The van der Waals surface area contributed by atoms with E-state index in [0.717, 1.165) is 17.0 Å². The molecule has 1 aromatic rings. The molecule has 0 fully saturated rings. The molecule has 4 heteroatoms. The molecule has 0 aromatic heterocycles. The van der Waals surface area contributed by atoms with Crippen LogP contribution in [0.5, 0.6) is 0 Å². The van der Waals surface area contributed by atoms with Crippen LogP contribution < -0.4 is 11.1 Å². The lowest BCUT2D eigenvalue weighted by molar-refractivity contribution is -0.120. The normalized spacial score (nSPS) is 10.0. The van der Waals surface area contributed by atoms with E-state index in [1.165, 1.54) is 0 Å². The Morgan fingerprint density at radius 3 is 2.60 bits per heavy atom. The largest absolute Gasteiger partial charge is 0.356 e. The molecule has 0 aliphatic carbocycles. The van der Waals surface area contributed by atoms with Crippen molar-refractivity contribution in [3.63, 3.8) is 0 Å². The smallest absolute Gasteiger partial charge is 0.221 e. The third-order valence-corrected chi connectivity index (χ3v) is 2.27. The van der Waals surface area contributed by atoms with Gasteiger partial charge in [0.25, 0.3) is 0 Å². The number of nitrogens with one attached hydrogen (secondary N) is 1. The van der Waals surface area contributed by atoms with Crippen LogP contribution in [0.2, 0.25) is 5.02 Å². The average Bonchev–Trinajstić information content (AvgIpc) is 2.21. The van der Waals surface area contributed by atoms with Gasteiger partial charge in [0.05, 0.1) is 0 Å². The van der Waals surface area contributed by atoms with Crippen molar-refractivity contribution >= 4 is 17.5 Å². The van der Waals surface area contributed by atoms with E-state index in [9.17, 15) is 4.79 Å². The van der Waals surface area contributed by atoms with E-state index < -0.39 is 0 Å². The number of hydrogen-bond donors (Lipinski definition) is 2. The molecule has 0 aliphatic heterocycles. The van der Waals surface area contributed by atoms with Crippen molar-refractivity contribution in [1.82, 2.24) is 5.32 Å². The molecule has 0 saturated carbocycles. The topological polar surface area (TPSA) is 55.1 Å². The van der Waals surface area contributed by atoms with Crippen LogP contribution in [0.3, 0.4) is 0 Å². The van der Waals surface area contributed by atoms with Crippen molar-refractivity contribution in [2.45, 2.75) is 12.8 Å². The van der Waals surface area contributed by atoms with Gasteiger partial charge in [-0.05, 0) is 24.1 Å². The minimum atomic E-state index is 0.00598. The van der Waals surface area contributed by atoms with E-state index in [-0.39, 0.29) is 5.91 Å². The van der Waals surface area contributed by atoms with Gasteiger partial charge in [0.1, 0.15) is 0 Å². The van der Waals surface area contributed by atoms with Crippen LogP contribution in [-0.2, 0) is 11.2 Å². The number of hydrogen-bond acceptors (Lipinski definition) is 2. The van der Waals surface area contributed by atoms with Crippen LogP contribution in [0.25, 0.3) is 0 Å². The third kappa shape index (κ3) is 4.81. The lowest BCUT2D eigenvalue weighted by Crippen LogP contribution is -2.27. The number of halogens is 1. The van der Waals surface area contributed by atoms with Gasteiger partial charge in [-0.1, -0.05) is 23.7 Å². The average molecular weight is 227 g/mol. The summed E-state index contributed by atoms with van der Waals surface area (Å²) in [5.74, 6) is 0.00598. The number of benzene rings is 1. The number of carbonyl (C=O) groups excluding carboxylic acids is 1. The summed E-state index contributed by atoms with van der Waals surface area (Å²) >= 11 is 5.75. The van der Waals surface area contributed by atoms with E-state index in [2.05, 4.69) is 5.32 Å². The Hall–Kier alpha value is -1.06. The van der Waals surface area contributed by atoms with Crippen LogP contribution in [0.4, 0.5) is 0 Å². The van der Waals surface area contributed by atoms with Gasteiger partial charge in [0.2, 0.25) is 5.91 Å². The highest BCUT2D eigenvalue weighted by Gasteiger charge is 1.98. The third-order valence-electron chi connectivity index (χ3n) is 2.02. The first-order valence-electron chi connectivity index (χ1n) is 4.93. The van der Waals surface area contributed by atoms with Crippen LogP contribution in [0.15, 0.2) is 24.3 Å². The second kappa shape index (κ2) is 6.43. The Kier molecular flexibility index (Phi) is 5.15. The number of rotatable bonds is 5. The van der Waals surface area contributed by atoms with E-state index in [1.54, 1.807) is 0 Å². The van der Waals surface area contributed by atoms with Crippen LogP contribution in [0, 0.1) is 0 Å². The fourth-order valence-corrected chi connectivity index (χ4v) is 1.34. The summed E-state index contributed by atoms with van der Waals surface area (Å²) in [5.41, 5.74) is 6.41. The summed E-state index contributed by atoms with van der Waals surface area (Å²) in [6.07, 6.45) is 1.20. The summed E-state index contributed by atoms with van der Waals surface area (Å²) in [6.45, 7) is 1.03. The molecule has 1 rings (SSSR count). The molecule has 0 radical (unpaired) electrons. The minimum absolute atomic E-state index is 0.00598. The lowest BCUT2D eigenvalue weighted by Gasteiger charge is -2.04. The summed E-state index contributed by atoms with van der Waals surface area (Å²) in [4.78, 5) is 11.1. The first kappa shape index (κ1) is 12.0. The Balaban J connectivity index is 2.26. The molecule has 0 saturated heterocycles. The Morgan fingerprint density at radius 2 is 2.00 bits per heavy atom. The van der Waals surface area contributed by atoms with Gasteiger partial charge in [0, 0.05) is 24.5 Å². The van der Waals surface area contributed by atoms with Crippen molar-refractivity contribution in [3.05, 3.63) is 34.9 Å². The molecule has 1 aromatic carbocycles. The molecule has 0 atom stereocenters. The van der Waals surface area contributed by atoms with E-state index in [0.29, 0.717) is 19.5 Å². The summed E-state index contributed by atoms with van der Waals surface area (Å²) in [6, 6.07) is 7.60. The fraction of sp³-hybridized carbons (Fsp3) is 0.364. The molecule has 0 spiro atoms. The molecule has 3 nitrogen and oxygen atoms in total. The monoisotopic (exact) mass is 226 g/mol. The predicted molar refractivity (Wildman–Crippen MR) is 61.8 cm³/mol. The molecule has 3 N–H and O–H groups in total. The molecule has 82 valence electrons. The van der Waals surface area contributed by atoms with Gasteiger partial charge >= 0.3 is 0 Å². The first-order chi connectivity index (χ1) is 7.22. The van der Waals surface area contributed by atoms with E-state index in [4.69, 9.17) is 17.3 Å². The SMILES string of the molecule is NCCC(=O)NCCc1ccc(Cl)cc1. The summed E-state index contributed by atoms with van der Waals surface area (Å²) in [7, 11) is 0. The van der Waals surface area contributed by atoms with Gasteiger partial charge < -0.3 is 11.1 Å². The Bertz CT molecular complexity index is 311. The second-order valence-corrected chi connectivity index (χ2v) is 3.70. The highest BCUT2D eigenvalue weighted by molar-refractivity contribution is 6.30. The van der Waals surface area contributed by atoms with Crippen LogP contribution in [-0.4, -0.2) is 19.0 Å². The van der Waals surface area contributed by atoms with Gasteiger partial charge in [0.15, 0.2) is 0 Å². The van der Waals surface area contributed by atoms with Crippen molar-refractivity contribution in [2.24, 2.45) is 5.73 Å². The quantitative estimate of drug-likeness (QED) is 0.797. The molecule has 15 heavy (non-hydrogen) atoms.